The molecule has 0 radical (unpaired) electrons. The second kappa shape index (κ2) is 7.74. The van der Waals surface area contributed by atoms with Crippen LogP contribution in [0, 0.1) is 5.92 Å². The third-order valence-electron chi connectivity index (χ3n) is 3.83. The van der Waals surface area contributed by atoms with E-state index in [9.17, 15) is 4.79 Å². The lowest BCUT2D eigenvalue weighted by atomic mass is 9.89. The summed E-state index contributed by atoms with van der Waals surface area (Å²) >= 11 is 0. The van der Waals surface area contributed by atoms with Crippen LogP contribution in [0.25, 0.3) is 0 Å². The van der Waals surface area contributed by atoms with Crippen LogP contribution in [0.5, 0.6) is 0 Å². The van der Waals surface area contributed by atoms with Crippen LogP contribution >= 0.6 is 0 Å². The van der Waals surface area contributed by atoms with E-state index in [1.165, 1.54) is 12.8 Å². The van der Waals surface area contributed by atoms with Gasteiger partial charge in [0.25, 0.3) is 0 Å². The summed E-state index contributed by atoms with van der Waals surface area (Å²) in [5.41, 5.74) is 0. The van der Waals surface area contributed by atoms with E-state index in [0.717, 1.165) is 13.0 Å². The lowest BCUT2D eigenvalue weighted by Gasteiger charge is -2.35. The van der Waals surface area contributed by atoms with Crippen LogP contribution in [0.1, 0.15) is 40.0 Å². The first-order valence-corrected chi connectivity index (χ1v) is 7.12. The molecule has 1 aliphatic rings. The number of hydrogen-bond acceptors (Lipinski definition) is 3. The fraction of sp³-hybridized carbons (Fsp3) is 0.929. The van der Waals surface area contributed by atoms with Crippen molar-refractivity contribution in [3.63, 3.8) is 0 Å². The third kappa shape index (κ3) is 4.25. The summed E-state index contributed by atoms with van der Waals surface area (Å²) < 4.78 is 5.09. The molecule has 2 unspecified atom stereocenters. The summed E-state index contributed by atoms with van der Waals surface area (Å²) in [4.78, 5) is 14.4. The molecule has 1 fully saturated rings. The van der Waals surface area contributed by atoms with Gasteiger partial charge in [-0.15, -0.1) is 0 Å². The van der Waals surface area contributed by atoms with Gasteiger partial charge in [-0.3, -0.25) is 4.79 Å². The standard InChI is InChI=1S/C14H28N2O2/c1-5-12-6-7-15-13(10-12)14(17)16(11(2)3)8-9-18-4/h11-13,15H,5-10H2,1-4H3. The Balaban J connectivity index is 2.58. The average Bonchev–Trinajstić information content (AvgIpc) is 2.38. The van der Waals surface area contributed by atoms with E-state index < -0.39 is 0 Å². The van der Waals surface area contributed by atoms with E-state index in [1.54, 1.807) is 7.11 Å². The number of hydrogen-bond donors (Lipinski definition) is 1. The predicted molar refractivity (Wildman–Crippen MR) is 73.5 cm³/mol. The normalized spacial score (nSPS) is 24.3. The lowest BCUT2D eigenvalue weighted by Crippen LogP contribution is -2.52. The maximum Gasteiger partial charge on any atom is 0.240 e. The number of methoxy groups -OCH3 is 1. The molecule has 1 amide bonds. The fourth-order valence-corrected chi connectivity index (χ4v) is 2.57. The Morgan fingerprint density at radius 1 is 1.50 bits per heavy atom. The summed E-state index contributed by atoms with van der Waals surface area (Å²) in [6, 6.07) is 0.236. The quantitative estimate of drug-likeness (QED) is 0.785. The molecule has 1 aliphatic heterocycles. The average molecular weight is 256 g/mol. The number of rotatable bonds is 6. The van der Waals surface area contributed by atoms with Gasteiger partial charge in [-0.1, -0.05) is 13.3 Å². The highest BCUT2D eigenvalue weighted by Crippen LogP contribution is 2.21. The molecule has 0 saturated carbocycles. The molecular formula is C14H28N2O2. The SMILES string of the molecule is CCC1CCNC(C(=O)N(CCOC)C(C)C)C1. The molecule has 18 heavy (non-hydrogen) atoms. The topological polar surface area (TPSA) is 41.6 Å². The van der Waals surface area contributed by atoms with Gasteiger partial charge >= 0.3 is 0 Å². The Morgan fingerprint density at radius 2 is 2.22 bits per heavy atom. The Kier molecular flexibility index (Phi) is 6.65. The molecule has 1 N–H and O–H groups in total. The van der Waals surface area contributed by atoms with Gasteiger partial charge in [0.05, 0.1) is 12.6 Å². The highest BCUT2D eigenvalue weighted by Gasteiger charge is 2.30. The summed E-state index contributed by atoms with van der Waals surface area (Å²) in [5, 5.41) is 3.36. The molecule has 2 atom stereocenters. The van der Waals surface area contributed by atoms with Crippen molar-refractivity contribution in [2.45, 2.75) is 52.1 Å². The van der Waals surface area contributed by atoms with E-state index >= 15 is 0 Å². The van der Waals surface area contributed by atoms with Crippen molar-refractivity contribution in [2.24, 2.45) is 5.92 Å². The molecule has 1 saturated heterocycles. The lowest BCUT2D eigenvalue weighted by molar-refractivity contribution is -0.136. The summed E-state index contributed by atoms with van der Waals surface area (Å²) in [6.45, 7) is 8.59. The van der Waals surface area contributed by atoms with Crippen molar-refractivity contribution in [2.75, 3.05) is 26.8 Å². The van der Waals surface area contributed by atoms with Crippen molar-refractivity contribution in [1.82, 2.24) is 10.2 Å². The first-order chi connectivity index (χ1) is 8.60. The van der Waals surface area contributed by atoms with E-state index in [1.807, 2.05) is 4.90 Å². The largest absolute Gasteiger partial charge is 0.383 e. The van der Waals surface area contributed by atoms with Crippen LogP contribution < -0.4 is 5.32 Å². The number of nitrogens with zero attached hydrogens (tertiary/aromatic N) is 1. The Labute approximate surface area is 111 Å². The zero-order valence-electron chi connectivity index (χ0n) is 12.2. The van der Waals surface area contributed by atoms with Crippen molar-refractivity contribution in [3.05, 3.63) is 0 Å². The van der Waals surface area contributed by atoms with E-state index in [4.69, 9.17) is 4.74 Å². The van der Waals surface area contributed by atoms with Gasteiger partial charge in [-0.2, -0.15) is 0 Å². The van der Waals surface area contributed by atoms with Gasteiger partial charge in [-0.05, 0) is 39.2 Å². The molecule has 1 rings (SSSR count). The smallest absolute Gasteiger partial charge is 0.240 e. The number of nitrogens with one attached hydrogen (secondary N) is 1. The van der Waals surface area contributed by atoms with Crippen LogP contribution in [0.2, 0.25) is 0 Å². The van der Waals surface area contributed by atoms with Crippen LogP contribution in [0.4, 0.5) is 0 Å². The molecule has 0 aromatic carbocycles. The first-order valence-electron chi connectivity index (χ1n) is 7.12. The second-order valence-corrected chi connectivity index (χ2v) is 5.42. The predicted octanol–water partition coefficient (Wildman–Crippen LogP) is 1.65. The van der Waals surface area contributed by atoms with E-state index in [2.05, 4.69) is 26.1 Å². The highest BCUT2D eigenvalue weighted by molar-refractivity contribution is 5.82. The van der Waals surface area contributed by atoms with Crippen molar-refractivity contribution in [1.29, 1.82) is 0 Å². The zero-order chi connectivity index (χ0) is 13.5. The monoisotopic (exact) mass is 256 g/mol. The Hall–Kier alpha value is -0.610. The molecule has 1 heterocycles. The first kappa shape index (κ1) is 15.4. The molecule has 0 aromatic rings. The molecule has 106 valence electrons. The van der Waals surface area contributed by atoms with E-state index in [0.29, 0.717) is 19.1 Å². The molecular weight excluding hydrogens is 228 g/mol. The van der Waals surface area contributed by atoms with Gasteiger partial charge < -0.3 is 15.0 Å². The van der Waals surface area contributed by atoms with Crippen LogP contribution in [-0.2, 0) is 9.53 Å². The molecule has 4 heteroatoms. The third-order valence-corrected chi connectivity index (χ3v) is 3.83. The minimum atomic E-state index is 0.00274. The molecule has 0 bridgehead atoms. The minimum Gasteiger partial charge on any atom is -0.383 e. The van der Waals surface area contributed by atoms with Crippen LogP contribution in [-0.4, -0.2) is 49.7 Å². The van der Waals surface area contributed by atoms with Gasteiger partial charge in [0.15, 0.2) is 0 Å². The summed E-state index contributed by atoms with van der Waals surface area (Å²) in [7, 11) is 1.68. The van der Waals surface area contributed by atoms with Gasteiger partial charge in [0.1, 0.15) is 0 Å². The molecule has 0 aromatic heterocycles. The highest BCUT2D eigenvalue weighted by atomic mass is 16.5. The van der Waals surface area contributed by atoms with Gasteiger partial charge in [0, 0.05) is 19.7 Å². The maximum atomic E-state index is 12.5. The number of carbonyl (C=O) groups is 1. The zero-order valence-corrected chi connectivity index (χ0v) is 12.2. The second-order valence-electron chi connectivity index (χ2n) is 5.42. The fourth-order valence-electron chi connectivity index (χ4n) is 2.57. The Morgan fingerprint density at radius 3 is 2.78 bits per heavy atom. The van der Waals surface area contributed by atoms with E-state index in [-0.39, 0.29) is 18.0 Å². The van der Waals surface area contributed by atoms with Crippen molar-refractivity contribution < 1.29 is 9.53 Å². The Bertz CT molecular complexity index is 256. The number of amides is 1. The van der Waals surface area contributed by atoms with Crippen molar-refractivity contribution in [3.8, 4) is 0 Å². The minimum absolute atomic E-state index is 0.00274. The van der Waals surface area contributed by atoms with Crippen molar-refractivity contribution >= 4 is 5.91 Å². The van der Waals surface area contributed by atoms with Crippen LogP contribution in [0.15, 0.2) is 0 Å². The molecule has 0 aliphatic carbocycles. The number of ether oxygens (including phenoxy) is 1. The van der Waals surface area contributed by atoms with Gasteiger partial charge in [0.2, 0.25) is 5.91 Å². The number of carbonyl (C=O) groups excluding carboxylic acids is 1. The molecule has 4 nitrogen and oxygen atoms in total. The van der Waals surface area contributed by atoms with Gasteiger partial charge in [-0.25, -0.2) is 0 Å². The van der Waals surface area contributed by atoms with Crippen LogP contribution in [0.3, 0.4) is 0 Å². The maximum absolute atomic E-state index is 12.5. The summed E-state index contributed by atoms with van der Waals surface area (Å²) in [5.74, 6) is 0.928. The number of piperidine rings is 1. The summed E-state index contributed by atoms with van der Waals surface area (Å²) in [6.07, 6.45) is 3.34. The molecule has 0 spiro atoms.